The maximum Gasteiger partial charge on any atom is 0.240 e. The Morgan fingerprint density at radius 2 is 2.00 bits per heavy atom. The number of carbonyl (C=O) groups is 3. The molecule has 0 bridgehead atoms. The molecule has 0 radical (unpaired) electrons. The van der Waals surface area contributed by atoms with E-state index in [1.807, 2.05) is 12.1 Å². The van der Waals surface area contributed by atoms with E-state index >= 15 is 0 Å². The Labute approximate surface area is 133 Å². The average Bonchev–Trinajstić information content (AvgIpc) is 3.13. The van der Waals surface area contributed by atoms with Gasteiger partial charge in [-0.2, -0.15) is 0 Å². The minimum atomic E-state index is -0.852. The van der Waals surface area contributed by atoms with E-state index in [-0.39, 0.29) is 37.7 Å². The van der Waals surface area contributed by atoms with Gasteiger partial charge in [-0.05, 0) is 23.3 Å². The zero-order valence-corrected chi connectivity index (χ0v) is 12.6. The molecule has 2 aliphatic heterocycles. The largest absolute Gasteiger partial charge is 0.493 e. The molecule has 3 rings (SSSR count). The van der Waals surface area contributed by atoms with E-state index in [1.54, 1.807) is 6.07 Å². The van der Waals surface area contributed by atoms with E-state index in [4.69, 9.17) is 4.74 Å². The standard InChI is InChI=1S/C16H18N2O5/c19-12(10-1-2-13-11(7-10)5-6-23-13)8-17-14(20)9-18-15(21)3-4-16(18)22/h1-2,7,12,19H,3-6,8-9H2,(H,17,20)/t12-/m1/s1. The lowest BCUT2D eigenvalue weighted by molar-refractivity contribution is -0.142. The molecule has 0 aliphatic carbocycles. The fourth-order valence-electron chi connectivity index (χ4n) is 2.74. The van der Waals surface area contributed by atoms with Crippen molar-refractivity contribution in [1.29, 1.82) is 0 Å². The second-order valence-electron chi connectivity index (χ2n) is 5.66. The summed E-state index contributed by atoms with van der Waals surface area (Å²) in [6.07, 6.45) is 0.272. The van der Waals surface area contributed by atoms with Crippen molar-refractivity contribution in [2.45, 2.75) is 25.4 Å². The number of fused-ring (bicyclic) bond motifs is 1. The first-order chi connectivity index (χ1) is 11.0. The predicted molar refractivity (Wildman–Crippen MR) is 79.6 cm³/mol. The molecule has 2 aliphatic rings. The van der Waals surface area contributed by atoms with Gasteiger partial charge in [0.2, 0.25) is 17.7 Å². The number of benzene rings is 1. The second kappa shape index (κ2) is 6.37. The molecule has 1 aromatic rings. The molecule has 3 amide bonds. The highest BCUT2D eigenvalue weighted by Crippen LogP contribution is 2.28. The van der Waals surface area contributed by atoms with Crippen LogP contribution in [0.5, 0.6) is 5.75 Å². The van der Waals surface area contributed by atoms with Crippen molar-refractivity contribution in [3.05, 3.63) is 29.3 Å². The lowest BCUT2D eigenvalue weighted by Gasteiger charge is -2.16. The van der Waals surface area contributed by atoms with Gasteiger partial charge in [0.15, 0.2) is 0 Å². The van der Waals surface area contributed by atoms with Gasteiger partial charge < -0.3 is 15.2 Å². The Bertz CT molecular complexity index is 642. The Balaban J connectivity index is 1.52. The molecule has 7 heteroatoms. The maximum atomic E-state index is 11.8. The first-order valence-electron chi connectivity index (χ1n) is 7.58. The summed E-state index contributed by atoms with van der Waals surface area (Å²) in [5, 5.41) is 12.7. The highest BCUT2D eigenvalue weighted by Gasteiger charge is 2.30. The number of imide groups is 1. The third-order valence-electron chi connectivity index (χ3n) is 4.05. The summed E-state index contributed by atoms with van der Waals surface area (Å²) < 4.78 is 5.41. The molecule has 2 N–H and O–H groups in total. The number of aliphatic hydroxyl groups excluding tert-OH is 1. The molecule has 2 heterocycles. The van der Waals surface area contributed by atoms with Crippen LogP contribution in [0.1, 0.15) is 30.1 Å². The van der Waals surface area contributed by atoms with Crippen molar-refractivity contribution in [2.24, 2.45) is 0 Å². The fraction of sp³-hybridized carbons (Fsp3) is 0.438. The first kappa shape index (κ1) is 15.5. The third-order valence-corrected chi connectivity index (χ3v) is 4.05. The smallest absolute Gasteiger partial charge is 0.240 e. The number of nitrogens with zero attached hydrogens (tertiary/aromatic N) is 1. The molecule has 1 saturated heterocycles. The Kier molecular flexibility index (Phi) is 4.29. The summed E-state index contributed by atoms with van der Waals surface area (Å²) in [5.41, 5.74) is 1.74. The van der Waals surface area contributed by atoms with E-state index in [0.29, 0.717) is 12.2 Å². The van der Waals surface area contributed by atoms with Gasteiger partial charge in [0, 0.05) is 25.8 Å². The normalized spacial score (nSPS) is 17.9. The van der Waals surface area contributed by atoms with Crippen molar-refractivity contribution >= 4 is 17.7 Å². The van der Waals surface area contributed by atoms with Crippen LogP contribution in [0.3, 0.4) is 0 Å². The molecule has 1 atom stereocenters. The van der Waals surface area contributed by atoms with Gasteiger partial charge in [-0.15, -0.1) is 0 Å². The SMILES string of the molecule is O=C(CN1C(=O)CCC1=O)NC[C@@H](O)c1ccc2c(c1)CCO2. The molecule has 0 saturated carbocycles. The zero-order chi connectivity index (χ0) is 16.4. The summed E-state index contributed by atoms with van der Waals surface area (Å²) in [6, 6.07) is 5.44. The van der Waals surface area contributed by atoms with Crippen molar-refractivity contribution in [2.75, 3.05) is 19.7 Å². The number of carbonyl (C=O) groups excluding carboxylic acids is 3. The molecular formula is C16H18N2O5. The van der Waals surface area contributed by atoms with E-state index < -0.39 is 12.0 Å². The van der Waals surface area contributed by atoms with Gasteiger partial charge in [-0.3, -0.25) is 19.3 Å². The molecule has 1 fully saturated rings. The maximum absolute atomic E-state index is 11.8. The lowest BCUT2D eigenvalue weighted by atomic mass is 10.0. The van der Waals surface area contributed by atoms with Crippen molar-refractivity contribution < 1.29 is 24.2 Å². The second-order valence-corrected chi connectivity index (χ2v) is 5.66. The highest BCUT2D eigenvalue weighted by molar-refractivity contribution is 6.04. The predicted octanol–water partition coefficient (Wildman–Crippen LogP) is -0.0799. The number of aliphatic hydroxyl groups is 1. The molecule has 7 nitrogen and oxygen atoms in total. The van der Waals surface area contributed by atoms with Gasteiger partial charge in [0.05, 0.1) is 12.7 Å². The summed E-state index contributed by atoms with van der Waals surface area (Å²) in [4.78, 5) is 35.7. The number of likely N-dealkylation sites (tertiary alicyclic amines) is 1. The minimum absolute atomic E-state index is 0.0225. The van der Waals surface area contributed by atoms with Crippen molar-refractivity contribution in [3.8, 4) is 5.75 Å². The topological polar surface area (TPSA) is 95.9 Å². The van der Waals surface area contributed by atoms with Crippen LogP contribution in [0.25, 0.3) is 0 Å². The molecule has 0 spiro atoms. The molecule has 1 aromatic carbocycles. The Morgan fingerprint density at radius 1 is 1.26 bits per heavy atom. The average molecular weight is 318 g/mol. The Hall–Kier alpha value is -2.41. The van der Waals surface area contributed by atoms with Crippen LogP contribution in [-0.4, -0.2) is 47.4 Å². The van der Waals surface area contributed by atoms with E-state index in [0.717, 1.165) is 22.6 Å². The first-order valence-corrected chi connectivity index (χ1v) is 7.58. The number of hydrogen-bond donors (Lipinski definition) is 2. The molecule has 23 heavy (non-hydrogen) atoms. The minimum Gasteiger partial charge on any atom is -0.493 e. The van der Waals surface area contributed by atoms with Gasteiger partial charge in [-0.1, -0.05) is 6.07 Å². The summed E-state index contributed by atoms with van der Waals surface area (Å²) in [5.74, 6) is -0.290. The van der Waals surface area contributed by atoms with Gasteiger partial charge in [0.25, 0.3) is 0 Å². The van der Waals surface area contributed by atoms with E-state index in [1.165, 1.54) is 0 Å². The van der Waals surface area contributed by atoms with Gasteiger partial charge in [-0.25, -0.2) is 0 Å². The highest BCUT2D eigenvalue weighted by atomic mass is 16.5. The summed E-state index contributed by atoms with van der Waals surface area (Å²) in [6.45, 7) is 0.376. The monoisotopic (exact) mass is 318 g/mol. The van der Waals surface area contributed by atoms with Crippen LogP contribution in [0, 0.1) is 0 Å². The van der Waals surface area contributed by atoms with Gasteiger partial charge >= 0.3 is 0 Å². The number of amides is 3. The molecule has 0 aromatic heterocycles. The van der Waals surface area contributed by atoms with Crippen LogP contribution >= 0.6 is 0 Å². The van der Waals surface area contributed by atoms with Crippen LogP contribution < -0.4 is 10.1 Å². The summed E-state index contributed by atoms with van der Waals surface area (Å²) >= 11 is 0. The van der Waals surface area contributed by atoms with Gasteiger partial charge in [0.1, 0.15) is 12.3 Å². The number of ether oxygens (including phenoxy) is 1. The van der Waals surface area contributed by atoms with Crippen LogP contribution in [0.15, 0.2) is 18.2 Å². The number of rotatable bonds is 5. The van der Waals surface area contributed by atoms with Crippen LogP contribution in [0.4, 0.5) is 0 Å². The van der Waals surface area contributed by atoms with Crippen LogP contribution in [-0.2, 0) is 20.8 Å². The summed E-state index contributed by atoms with van der Waals surface area (Å²) in [7, 11) is 0. The molecular weight excluding hydrogens is 300 g/mol. The van der Waals surface area contributed by atoms with Crippen LogP contribution in [0.2, 0.25) is 0 Å². The third kappa shape index (κ3) is 3.34. The quantitative estimate of drug-likeness (QED) is 0.740. The van der Waals surface area contributed by atoms with Crippen molar-refractivity contribution in [3.63, 3.8) is 0 Å². The fourth-order valence-corrected chi connectivity index (χ4v) is 2.74. The Morgan fingerprint density at radius 3 is 2.74 bits per heavy atom. The number of hydrogen-bond acceptors (Lipinski definition) is 5. The number of nitrogens with one attached hydrogen (secondary N) is 1. The molecule has 0 unspecified atom stereocenters. The molecule has 122 valence electrons. The van der Waals surface area contributed by atoms with Crippen molar-refractivity contribution in [1.82, 2.24) is 10.2 Å². The van der Waals surface area contributed by atoms with E-state index in [9.17, 15) is 19.5 Å². The van der Waals surface area contributed by atoms with E-state index in [2.05, 4.69) is 5.32 Å². The zero-order valence-electron chi connectivity index (χ0n) is 12.6. The lowest BCUT2D eigenvalue weighted by Crippen LogP contribution is -2.41.